The van der Waals surface area contributed by atoms with E-state index in [4.69, 9.17) is 4.74 Å². The van der Waals surface area contributed by atoms with Gasteiger partial charge in [0.2, 0.25) is 0 Å². The number of thioether (sulfide) groups is 1. The normalized spacial score (nSPS) is 35.3. The van der Waals surface area contributed by atoms with Gasteiger partial charge in [-0.3, -0.25) is 0 Å². The van der Waals surface area contributed by atoms with Gasteiger partial charge in [0.1, 0.15) is 29.5 Å². The Balaban J connectivity index is 1.93. The lowest BCUT2D eigenvalue weighted by atomic mass is 10.0. The molecule has 106 valence electrons. The van der Waals surface area contributed by atoms with E-state index in [2.05, 4.69) is 0 Å². The third kappa shape index (κ3) is 3.40. The fourth-order valence-corrected chi connectivity index (χ4v) is 3.08. The molecular formula is C13H18O5S. The van der Waals surface area contributed by atoms with Crippen molar-refractivity contribution in [1.82, 2.24) is 0 Å². The fraction of sp³-hybridized carbons (Fsp3) is 0.538. The number of phenolic OH excluding ortho intramolecular Hbond substituents is 1. The third-order valence-electron chi connectivity index (χ3n) is 3.16. The Kier molecular flexibility index (Phi) is 4.70. The van der Waals surface area contributed by atoms with E-state index in [9.17, 15) is 20.4 Å². The van der Waals surface area contributed by atoms with Gasteiger partial charge >= 0.3 is 0 Å². The zero-order valence-corrected chi connectivity index (χ0v) is 11.3. The first-order chi connectivity index (χ1) is 8.99. The second-order valence-corrected chi connectivity index (χ2v) is 5.75. The number of phenols is 1. The molecule has 1 aliphatic rings. The molecular weight excluding hydrogens is 268 g/mol. The van der Waals surface area contributed by atoms with Gasteiger partial charge in [0.25, 0.3) is 0 Å². The summed E-state index contributed by atoms with van der Waals surface area (Å²) in [6, 6.07) is 6.75. The number of aliphatic hydroxyl groups excluding tert-OH is 3. The van der Waals surface area contributed by atoms with Crippen LogP contribution >= 0.6 is 11.8 Å². The van der Waals surface area contributed by atoms with Gasteiger partial charge < -0.3 is 25.2 Å². The van der Waals surface area contributed by atoms with Gasteiger partial charge in [-0.1, -0.05) is 12.1 Å². The van der Waals surface area contributed by atoms with Gasteiger partial charge in [0.05, 0.1) is 6.10 Å². The topological polar surface area (TPSA) is 90.2 Å². The minimum Gasteiger partial charge on any atom is -0.508 e. The number of aliphatic hydroxyl groups is 3. The molecule has 5 nitrogen and oxygen atoms in total. The number of aromatic hydroxyl groups is 1. The van der Waals surface area contributed by atoms with Crippen LogP contribution in [0.2, 0.25) is 0 Å². The Morgan fingerprint density at radius 1 is 1.05 bits per heavy atom. The first-order valence-electron chi connectivity index (χ1n) is 6.08. The van der Waals surface area contributed by atoms with Crippen LogP contribution in [-0.4, -0.2) is 50.3 Å². The molecule has 1 saturated heterocycles. The van der Waals surface area contributed by atoms with Gasteiger partial charge in [0, 0.05) is 5.75 Å². The lowest BCUT2D eigenvalue weighted by molar-refractivity contribution is -0.192. The largest absolute Gasteiger partial charge is 0.508 e. The van der Waals surface area contributed by atoms with Crippen LogP contribution in [0.5, 0.6) is 5.75 Å². The fourth-order valence-electron chi connectivity index (χ4n) is 1.92. The molecule has 4 N–H and O–H groups in total. The number of rotatable bonds is 3. The maximum atomic E-state index is 9.85. The van der Waals surface area contributed by atoms with Crippen molar-refractivity contribution in [2.75, 3.05) is 0 Å². The highest BCUT2D eigenvalue weighted by Crippen LogP contribution is 2.30. The Labute approximate surface area is 115 Å². The number of benzene rings is 1. The molecule has 0 saturated carbocycles. The van der Waals surface area contributed by atoms with Gasteiger partial charge in [-0.15, -0.1) is 11.8 Å². The van der Waals surface area contributed by atoms with E-state index < -0.39 is 29.9 Å². The number of hydrogen-bond donors (Lipinski definition) is 4. The molecule has 2 rings (SSSR count). The van der Waals surface area contributed by atoms with Crippen molar-refractivity contribution >= 4 is 11.8 Å². The molecule has 0 bridgehead atoms. The van der Waals surface area contributed by atoms with Crippen molar-refractivity contribution in [2.24, 2.45) is 0 Å². The van der Waals surface area contributed by atoms with E-state index in [1.165, 1.54) is 11.8 Å². The molecule has 0 aromatic heterocycles. The van der Waals surface area contributed by atoms with Crippen molar-refractivity contribution in [2.45, 2.75) is 42.5 Å². The quantitative estimate of drug-likeness (QED) is 0.645. The molecule has 0 unspecified atom stereocenters. The molecule has 5 atom stereocenters. The summed E-state index contributed by atoms with van der Waals surface area (Å²) < 4.78 is 5.48. The maximum Gasteiger partial charge on any atom is 0.132 e. The van der Waals surface area contributed by atoms with E-state index in [1.807, 2.05) is 0 Å². The third-order valence-corrected chi connectivity index (χ3v) is 4.38. The highest BCUT2D eigenvalue weighted by Gasteiger charge is 2.41. The smallest absolute Gasteiger partial charge is 0.132 e. The van der Waals surface area contributed by atoms with E-state index in [1.54, 1.807) is 31.2 Å². The Morgan fingerprint density at radius 3 is 2.32 bits per heavy atom. The number of ether oxygens (including phenoxy) is 1. The average Bonchev–Trinajstić information content (AvgIpc) is 2.41. The monoisotopic (exact) mass is 286 g/mol. The summed E-state index contributed by atoms with van der Waals surface area (Å²) in [5, 5.41) is 38.3. The van der Waals surface area contributed by atoms with Crippen molar-refractivity contribution in [1.29, 1.82) is 0 Å². The molecule has 1 aromatic rings. The molecule has 1 aromatic carbocycles. The maximum absolute atomic E-state index is 9.85. The predicted octanol–water partition coefficient (Wildman–Crippen LogP) is 0.453. The lowest BCUT2D eigenvalue weighted by Crippen LogP contribution is -2.55. The molecule has 0 radical (unpaired) electrons. The summed E-state index contributed by atoms with van der Waals surface area (Å²) >= 11 is 1.35. The first kappa shape index (κ1) is 14.6. The molecule has 1 aliphatic heterocycles. The van der Waals surface area contributed by atoms with Gasteiger partial charge in [-0.2, -0.15) is 0 Å². The molecule has 0 amide bonds. The second kappa shape index (κ2) is 6.11. The summed E-state index contributed by atoms with van der Waals surface area (Å²) in [4.78, 5) is 0. The zero-order valence-electron chi connectivity index (χ0n) is 10.5. The Hall–Kier alpha value is -0.790. The second-order valence-electron chi connectivity index (χ2n) is 4.66. The summed E-state index contributed by atoms with van der Waals surface area (Å²) in [5.41, 5.74) is 0.397. The molecule has 19 heavy (non-hydrogen) atoms. The predicted molar refractivity (Wildman–Crippen MR) is 71.8 cm³/mol. The van der Waals surface area contributed by atoms with Crippen molar-refractivity contribution in [3.8, 4) is 5.75 Å². The molecule has 0 aliphatic carbocycles. The van der Waals surface area contributed by atoms with Crippen molar-refractivity contribution < 1.29 is 25.2 Å². The minimum absolute atomic E-state index is 0.204. The SMILES string of the molecule is C[C@@H]1O[C@@H](SCc2ccc(O)cc2)[C@@H](O)[C@H](O)[C@@H]1O. The van der Waals surface area contributed by atoms with E-state index >= 15 is 0 Å². The van der Waals surface area contributed by atoms with Crippen LogP contribution in [0.1, 0.15) is 12.5 Å². The van der Waals surface area contributed by atoms with Crippen LogP contribution in [0.3, 0.4) is 0 Å². The van der Waals surface area contributed by atoms with Gasteiger partial charge in [0.15, 0.2) is 0 Å². The van der Waals surface area contributed by atoms with Crippen molar-refractivity contribution in [3.05, 3.63) is 29.8 Å². The summed E-state index contributed by atoms with van der Waals surface area (Å²) in [7, 11) is 0. The van der Waals surface area contributed by atoms with E-state index in [0.29, 0.717) is 5.75 Å². The molecule has 0 spiro atoms. The first-order valence-corrected chi connectivity index (χ1v) is 7.13. The zero-order chi connectivity index (χ0) is 14.0. The highest BCUT2D eigenvalue weighted by atomic mass is 32.2. The summed E-state index contributed by atoms with van der Waals surface area (Å²) in [5.74, 6) is 0.784. The number of hydrogen-bond acceptors (Lipinski definition) is 6. The van der Waals surface area contributed by atoms with Crippen molar-refractivity contribution in [3.63, 3.8) is 0 Å². The van der Waals surface area contributed by atoms with Crippen LogP contribution in [0.4, 0.5) is 0 Å². The minimum atomic E-state index is -1.19. The van der Waals surface area contributed by atoms with Crippen LogP contribution in [0, 0.1) is 0 Å². The van der Waals surface area contributed by atoms with Gasteiger partial charge in [-0.05, 0) is 24.6 Å². The van der Waals surface area contributed by atoms with E-state index in [0.717, 1.165) is 5.56 Å². The van der Waals surface area contributed by atoms with Crippen LogP contribution in [-0.2, 0) is 10.5 Å². The average molecular weight is 286 g/mol. The molecule has 1 heterocycles. The summed E-state index contributed by atoms with van der Waals surface area (Å²) in [6.07, 6.45) is -3.90. The van der Waals surface area contributed by atoms with E-state index in [-0.39, 0.29) is 5.75 Å². The summed E-state index contributed by atoms with van der Waals surface area (Å²) in [6.45, 7) is 1.66. The Bertz CT molecular complexity index is 410. The standard InChI is InChI=1S/C13H18O5S/c1-7-10(15)11(16)12(17)13(18-7)19-6-8-2-4-9(14)5-3-8/h2-5,7,10-17H,6H2,1H3/t7-,10+,11+,12-,13-/m0/s1. The molecule has 6 heteroatoms. The highest BCUT2D eigenvalue weighted by molar-refractivity contribution is 7.99. The lowest BCUT2D eigenvalue weighted by Gasteiger charge is -2.39. The van der Waals surface area contributed by atoms with Crippen LogP contribution < -0.4 is 0 Å². The Morgan fingerprint density at radius 2 is 1.68 bits per heavy atom. The van der Waals surface area contributed by atoms with Crippen LogP contribution in [0.25, 0.3) is 0 Å². The van der Waals surface area contributed by atoms with Crippen LogP contribution in [0.15, 0.2) is 24.3 Å². The molecule has 1 fully saturated rings. The van der Waals surface area contributed by atoms with Gasteiger partial charge in [-0.25, -0.2) is 0 Å².